The number of para-hydroxylation sites is 2. The monoisotopic (exact) mass is 529 g/mol. The molecule has 0 aliphatic carbocycles. The summed E-state index contributed by atoms with van der Waals surface area (Å²) in [6, 6.07) is 16.0. The standard InChI is InChI=1S/C30H31N3O6/c1-2-3-12-32-22-10-6-5-9-21(22)30(29(32)37)25(26(34)24-19-20-8-4-7-11-23(20)39-24)27(35)28(36)33(30)14-13-31-15-17-38-18-16-31/h4-11,19,35H,2-3,12-18H2,1H3. The minimum absolute atomic E-state index is 0.0303. The highest BCUT2D eigenvalue weighted by Gasteiger charge is 2.65. The van der Waals surface area contributed by atoms with Crippen LogP contribution in [-0.2, 0) is 19.9 Å². The van der Waals surface area contributed by atoms with Crippen LogP contribution in [0.3, 0.4) is 0 Å². The van der Waals surface area contributed by atoms with Gasteiger partial charge in [0, 0.05) is 43.7 Å². The lowest BCUT2D eigenvalue weighted by Gasteiger charge is -2.37. The molecule has 1 saturated heterocycles. The molecule has 0 bridgehead atoms. The van der Waals surface area contributed by atoms with Gasteiger partial charge in [0.15, 0.2) is 17.1 Å². The zero-order chi connectivity index (χ0) is 27.1. The highest BCUT2D eigenvalue weighted by Crippen LogP contribution is 2.53. The second-order valence-corrected chi connectivity index (χ2v) is 10.1. The number of morpholine rings is 1. The number of aliphatic hydroxyl groups excluding tert-OH is 1. The van der Waals surface area contributed by atoms with Crippen LogP contribution >= 0.6 is 0 Å². The van der Waals surface area contributed by atoms with E-state index < -0.39 is 28.9 Å². The number of amides is 2. The largest absolute Gasteiger partial charge is 0.503 e. The van der Waals surface area contributed by atoms with Crippen molar-refractivity contribution < 1.29 is 28.6 Å². The van der Waals surface area contributed by atoms with E-state index in [4.69, 9.17) is 9.15 Å². The van der Waals surface area contributed by atoms with Crippen molar-refractivity contribution in [3.8, 4) is 0 Å². The molecule has 3 aliphatic heterocycles. The summed E-state index contributed by atoms with van der Waals surface area (Å²) in [5.74, 6) is -2.55. The number of anilines is 1. The number of ether oxygens (including phenoxy) is 1. The number of fused-ring (bicyclic) bond motifs is 3. The number of furan rings is 1. The molecular formula is C30H31N3O6. The smallest absolute Gasteiger partial charge is 0.290 e. The predicted molar refractivity (Wildman–Crippen MR) is 145 cm³/mol. The Morgan fingerprint density at radius 3 is 2.51 bits per heavy atom. The normalized spacial score (nSPS) is 21.6. The first-order chi connectivity index (χ1) is 19.0. The van der Waals surface area contributed by atoms with Gasteiger partial charge in [-0.25, -0.2) is 0 Å². The number of aliphatic hydroxyl groups is 1. The molecule has 0 radical (unpaired) electrons. The van der Waals surface area contributed by atoms with Crippen LogP contribution in [0.25, 0.3) is 11.0 Å². The Kier molecular flexibility index (Phi) is 6.48. The highest BCUT2D eigenvalue weighted by molar-refractivity contribution is 6.26. The van der Waals surface area contributed by atoms with E-state index in [0.717, 1.165) is 12.8 Å². The molecule has 9 heteroatoms. The van der Waals surface area contributed by atoms with Crippen LogP contribution in [0.4, 0.5) is 5.69 Å². The Bertz CT molecular complexity index is 1450. The van der Waals surface area contributed by atoms with Gasteiger partial charge in [0.25, 0.3) is 11.8 Å². The van der Waals surface area contributed by atoms with Gasteiger partial charge in [-0.2, -0.15) is 0 Å². The summed E-state index contributed by atoms with van der Waals surface area (Å²) in [5.41, 5.74) is -0.362. The number of rotatable bonds is 8. The third-order valence-electron chi connectivity index (χ3n) is 7.95. The lowest BCUT2D eigenvalue weighted by molar-refractivity contribution is -0.140. The van der Waals surface area contributed by atoms with E-state index in [0.29, 0.717) is 61.6 Å². The van der Waals surface area contributed by atoms with Gasteiger partial charge in [-0.05, 0) is 24.6 Å². The maximum absolute atomic E-state index is 14.5. The highest BCUT2D eigenvalue weighted by atomic mass is 16.5. The lowest BCUT2D eigenvalue weighted by atomic mass is 9.81. The fourth-order valence-corrected chi connectivity index (χ4v) is 5.99. The molecule has 9 nitrogen and oxygen atoms in total. The Balaban J connectivity index is 1.50. The van der Waals surface area contributed by atoms with Gasteiger partial charge in [-0.1, -0.05) is 49.7 Å². The fourth-order valence-electron chi connectivity index (χ4n) is 5.99. The number of carbonyl (C=O) groups is 3. The van der Waals surface area contributed by atoms with Crippen LogP contribution in [0.2, 0.25) is 0 Å². The molecular weight excluding hydrogens is 498 g/mol. The van der Waals surface area contributed by atoms with E-state index in [-0.39, 0.29) is 17.9 Å². The number of hydrogen-bond donors (Lipinski definition) is 1. The van der Waals surface area contributed by atoms with Crippen molar-refractivity contribution >= 4 is 34.3 Å². The first kappa shape index (κ1) is 25.3. The number of ketones is 1. The number of Topliss-reactive ketones (excluding diaryl/α,β-unsaturated/α-hetero) is 1. The summed E-state index contributed by atoms with van der Waals surface area (Å²) in [4.78, 5) is 47.7. The maximum Gasteiger partial charge on any atom is 0.290 e. The first-order valence-corrected chi connectivity index (χ1v) is 13.5. The van der Waals surface area contributed by atoms with Gasteiger partial charge in [0.1, 0.15) is 5.58 Å². The van der Waals surface area contributed by atoms with Crippen LogP contribution in [0, 0.1) is 0 Å². The van der Waals surface area contributed by atoms with E-state index in [2.05, 4.69) is 4.90 Å². The zero-order valence-corrected chi connectivity index (χ0v) is 21.9. The molecule has 1 atom stereocenters. The van der Waals surface area contributed by atoms with Crippen molar-refractivity contribution in [3.63, 3.8) is 0 Å². The Morgan fingerprint density at radius 1 is 1.00 bits per heavy atom. The minimum Gasteiger partial charge on any atom is -0.503 e. The summed E-state index contributed by atoms with van der Waals surface area (Å²) < 4.78 is 11.3. The SMILES string of the molecule is CCCCN1C(=O)C2(C(C(=O)c3cc4ccccc4o3)=C(O)C(=O)N2CCN2CCOCC2)c2ccccc21. The van der Waals surface area contributed by atoms with Crippen molar-refractivity contribution in [2.75, 3.05) is 50.8 Å². The van der Waals surface area contributed by atoms with Crippen LogP contribution in [0.1, 0.15) is 35.9 Å². The molecule has 0 saturated carbocycles. The van der Waals surface area contributed by atoms with Crippen molar-refractivity contribution in [3.05, 3.63) is 77.3 Å². The number of hydrogen-bond acceptors (Lipinski definition) is 7. The first-order valence-electron chi connectivity index (χ1n) is 13.5. The van der Waals surface area contributed by atoms with E-state index in [9.17, 15) is 19.5 Å². The molecule has 202 valence electrons. The third kappa shape index (κ3) is 3.87. The van der Waals surface area contributed by atoms with Crippen LogP contribution in [-0.4, -0.2) is 78.4 Å². The average Bonchev–Trinajstić information content (AvgIpc) is 3.57. The van der Waals surface area contributed by atoms with Crippen LogP contribution in [0.5, 0.6) is 0 Å². The van der Waals surface area contributed by atoms with E-state index in [1.165, 1.54) is 4.90 Å². The van der Waals surface area contributed by atoms with Gasteiger partial charge in [0.2, 0.25) is 5.78 Å². The topological polar surface area (TPSA) is 104 Å². The van der Waals surface area contributed by atoms with Gasteiger partial charge < -0.3 is 24.1 Å². The van der Waals surface area contributed by atoms with Crippen molar-refractivity contribution in [2.24, 2.45) is 0 Å². The average molecular weight is 530 g/mol. The van der Waals surface area contributed by atoms with Gasteiger partial charge in [0.05, 0.1) is 24.5 Å². The van der Waals surface area contributed by atoms with E-state index >= 15 is 0 Å². The Hall–Kier alpha value is -3.95. The molecule has 39 heavy (non-hydrogen) atoms. The predicted octanol–water partition coefficient (Wildman–Crippen LogP) is 3.64. The summed E-state index contributed by atoms with van der Waals surface area (Å²) in [6.07, 6.45) is 1.62. The molecule has 3 aliphatic rings. The molecule has 2 aromatic carbocycles. The number of unbranched alkanes of at least 4 members (excludes halogenated alkanes) is 1. The summed E-state index contributed by atoms with van der Waals surface area (Å²) >= 11 is 0. The van der Waals surface area contributed by atoms with Crippen LogP contribution in [0.15, 0.2) is 70.3 Å². The number of nitrogens with zero attached hydrogens (tertiary/aromatic N) is 3. The maximum atomic E-state index is 14.5. The van der Waals surface area contributed by atoms with Crippen molar-refractivity contribution in [1.82, 2.24) is 9.80 Å². The summed E-state index contributed by atoms with van der Waals surface area (Å²) in [7, 11) is 0. The molecule has 1 unspecified atom stereocenters. The van der Waals surface area contributed by atoms with E-state index in [1.54, 1.807) is 35.2 Å². The molecule has 3 aromatic rings. The molecule has 1 spiro atoms. The number of benzene rings is 2. The molecule has 1 N–H and O–H groups in total. The molecule has 2 amide bonds. The number of carbonyl (C=O) groups excluding carboxylic acids is 3. The lowest BCUT2D eigenvalue weighted by Crippen LogP contribution is -2.56. The van der Waals surface area contributed by atoms with Gasteiger partial charge >= 0.3 is 0 Å². The second kappa shape index (κ2) is 9.98. The third-order valence-corrected chi connectivity index (χ3v) is 7.95. The summed E-state index contributed by atoms with van der Waals surface area (Å²) in [5, 5.41) is 12.0. The molecule has 1 fully saturated rings. The Morgan fingerprint density at radius 2 is 1.74 bits per heavy atom. The summed E-state index contributed by atoms with van der Waals surface area (Å²) in [6.45, 7) is 5.68. The fraction of sp³-hybridized carbons (Fsp3) is 0.367. The molecule has 6 rings (SSSR count). The second-order valence-electron chi connectivity index (χ2n) is 10.1. The quantitative estimate of drug-likeness (QED) is 0.445. The van der Waals surface area contributed by atoms with Gasteiger partial charge in [-0.15, -0.1) is 0 Å². The van der Waals surface area contributed by atoms with Crippen LogP contribution < -0.4 is 4.90 Å². The van der Waals surface area contributed by atoms with Gasteiger partial charge in [-0.3, -0.25) is 19.3 Å². The van der Waals surface area contributed by atoms with Crippen molar-refractivity contribution in [1.29, 1.82) is 0 Å². The van der Waals surface area contributed by atoms with Crippen molar-refractivity contribution in [2.45, 2.75) is 25.3 Å². The molecule has 4 heterocycles. The molecule has 1 aromatic heterocycles. The Labute approximate surface area is 226 Å². The van der Waals surface area contributed by atoms with E-state index in [1.807, 2.05) is 31.2 Å². The zero-order valence-electron chi connectivity index (χ0n) is 21.9. The minimum atomic E-state index is -1.78.